The van der Waals surface area contributed by atoms with Gasteiger partial charge in [-0.05, 0) is 80.0 Å². The van der Waals surface area contributed by atoms with Gasteiger partial charge in [-0.25, -0.2) is 8.42 Å². The monoisotopic (exact) mass is 441 g/mol. The number of likely N-dealkylation sites (tertiary alicyclic amines) is 1. The minimum absolute atomic E-state index is 0.340. The van der Waals surface area contributed by atoms with Gasteiger partial charge in [-0.2, -0.15) is 0 Å². The lowest BCUT2D eigenvalue weighted by atomic mass is 10.1. The number of nitrogens with zero attached hydrogens (tertiary/aromatic N) is 1. The van der Waals surface area contributed by atoms with Crippen molar-refractivity contribution in [2.45, 2.75) is 29.5 Å². The Morgan fingerprint density at radius 1 is 0.833 bits per heavy atom. The Balaban J connectivity index is 1.37. The van der Waals surface area contributed by atoms with Gasteiger partial charge in [-0.3, -0.25) is 4.90 Å². The van der Waals surface area contributed by atoms with Crippen LogP contribution in [0.15, 0.2) is 83.8 Å². The normalized spacial score (nSPS) is 15.8. The molecule has 0 aromatic heterocycles. The lowest BCUT2D eigenvalue weighted by Crippen LogP contribution is -2.38. The number of benzene rings is 3. The van der Waals surface area contributed by atoms with E-state index in [-0.39, 0.29) is 5.25 Å². The molecule has 1 aliphatic rings. The summed E-state index contributed by atoms with van der Waals surface area (Å²) in [6, 6.07) is 24.0. The quantitative estimate of drug-likeness (QED) is 0.501. The summed E-state index contributed by atoms with van der Waals surface area (Å²) in [5.41, 5.74) is 1.26. The molecule has 0 spiro atoms. The van der Waals surface area contributed by atoms with Crippen LogP contribution in [0.3, 0.4) is 0 Å². The van der Waals surface area contributed by atoms with Crippen LogP contribution in [0.25, 0.3) is 0 Å². The summed E-state index contributed by atoms with van der Waals surface area (Å²) in [6.45, 7) is 2.44. The van der Waals surface area contributed by atoms with E-state index in [1.807, 2.05) is 18.2 Å². The molecule has 0 bridgehead atoms. The molecule has 1 fully saturated rings. The number of hydrogen-bond donors (Lipinski definition) is 0. The van der Waals surface area contributed by atoms with Gasteiger partial charge in [0.2, 0.25) is 0 Å². The fourth-order valence-corrected chi connectivity index (χ4v) is 5.61. The molecule has 6 heteroatoms. The molecule has 4 rings (SSSR count). The van der Waals surface area contributed by atoms with Crippen LogP contribution in [0.2, 0.25) is 5.02 Å². The van der Waals surface area contributed by atoms with E-state index >= 15 is 0 Å². The Bertz CT molecular complexity index is 1060. The summed E-state index contributed by atoms with van der Waals surface area (Å²) < 4.78 is 31.9. The van der Waals surface area contributed by atoms with Crippen LogP contribution >= 0.6 is 11.6 Å². The predicted molar refractivity (Wildman–Crippen MR) is 120 cm³/mol. The van der Waals surface area contributed by atoms with Gasteiger partial charge in [-0.15, -0.1) is 0 Å². The fraction of sp³-hybridized carbons (Fsp3) is 0.250. The maximum Gasteiger partial charge on any atom is 0.181 e. The third-order valence-electron chi connectivity index (χ3n) is 5.42. The smallest absolute Gasteiger partial charge is 0.181 e. The number of ether oxygens (including phenoxy) is 1. The molecule has 0 aliphatic carbocycles. The Kier molecular flexibility index (Phi) is 6.42. The van der Waals surface area contributed by atoms with Crippen molar-refractivity contribution in [3.05, 3.63) is 89.4 Å². The molecule has 1 heterocycles. The highest BCUT2D eigenvalue weighted by molar-refractivity contribution is 7.92. The van der Waals surface area contributed by atoms with E-state index in [9.17, 15) is 8.42 Å². The molecule has 0 N–H and O–H groups in total. The van der Waals surface area contributed by atoms with Crippen molar-refractivity contribution < 1.29 is 13.2 Å². The lowest BCUT2D eigenvalue weighted by Gasteiger charge is -2.31. The fourth-order valence-electron chi connectivity index (χ4n) is 3.75. The third-order valence-corrected chi connectivity index (χ3v) is 7.95. The van der Waals surface area contributed by atoms with Crippen molar-refractivity contribution in [2.24, 2.45) is 0 Å². The van der Waals surface area contributed by atoms with Gasteiger partial charge in [0.1, 0.15) is 11.5 Å². The highest BCUT2D eigenvalue weighted by atomic mass is 35.5. The summed E-state index contributed by atoms with van der Waals surface area (Å²) in [7, 11) is -3.35. The molecule has 1 saturated heterocycles. The number of piperidine rings is 1. The first-order chi connectivity index (χ1) is 14.5. The Morgan fingerprint density at radius 2 is 1.40 bits per heavy atom. The zero-order valence-corrected chi connectivity index (χ0v) is 18.1. The second kappa shape index (κ2) is 9.21. The number of rotatable bonds is 6. The standard InChI is InChI=1S/C24H24ClNO3S/c25-20-6-8-21(9-7-20)29-22-10-12-23(13-11-22)30(27,28)24-14-16-26(17-15-24)18-19-4-2-1-3-5-19/h1-13,24H,14-18H2. The molecule has 3 aromatic carbocycles. The first-order valence-corrected chi connectivity index (χ1v) is 12.0. The van der Waals surface area contributed by atoms with Crippen LogP contribution in [0.5, 0.6) is 11.5 Å². The average Bonchev–Trinajstić information content (AvgIpc) is 2.77. The summed E-state index contributed by atoms with van der Waals surface area (Å²) >= 11 is 5.88. The first kappa shape index (κ1) is 20.9. The Hall–Kier alpha value is -2.34. The van der Waals surface area contributed by atoms with Crippen LogP contribution < -0.4 is 4.74 Å². The molecule has 3 aromatic rings. The van der Waals surface area contributed by atoms with E-state index < -0.39 is 9.84 Å². The van der Waals surface area contributed by atoms with Crippen LogP contribution in [0, 0.1) is 0 Å². The van der Waals surface area contributed by atoms with Crippen molar-refractivity contribution in [2.75, 3.05) is 13.1 Å². The Labute approximate surface area is 183 Å². The van der Waals surface area contributed by atoms with Crippen molar-refractivity contribution in [1.29, 1.82) is 0 Å². The third kappa shape index (κ3) is 5.04. The largest absolute Gasteiger partial charge is 0.457 e. The van der Waals surface area contributed by atoms with E-state index in [2.05, 4.69) is 17.0 Å². The van der Waals surface area contributed by atoms with Crippen LogP contribution in [-0.4, -0.2) is 31.7 Å². The topological polar surface area (TPSA) is 46.6 Å². The molecule has 156 valence electrons. The first-order valence-electron chi connectivity index (χ1n) is 10.0. The SMILES string of the molecule is O=S(=O)(c1ccc(Oc2ccc(Cl)cc2)cc1)C1CCN(Cc2ccccc2)CC1. The van der Waals surface area contributed by atoms with Crippen molar-refractivity contribution in [3.8, 4) is 11.5 Å². The molecule has 0 atom stereocenters. The van der Waals surface area contributed by atoms with Gasteiger partial charge in [-0.1, -0.05) is 41.9 Å². The summed E-state index contributed by atoms with van der Waals surface area (Å²) in [5.74, 6) is 1.25. The summed E-state index contributed by atoms with van der Waals surface area (Å²) in [4.78, 5) is 2.68. The van der Waals surface area contributed by atoms with Crippen molar-refractivity contribution in [3.63, 3.8) is 0 Å². The Morgan fingerprint density at radius 3 is 2.00 bits per heavy atom. The molecular formula is C24H24ClNO3S. The number of halogens is 1. The highest BCUT2D eigenvalue weighted by Crippen LogP contribution is 2.28. The number of sulfone groups is 1. The minimum Gasteiger partial charge on any atom is -0.457 e. The van der Waals surface area contributed by atoms with E-state index in [0.717, 1.165) is 19.6 Å². The van der Waals surface area contributed by atoms with Gasteiger partial charge in [0.15, 0.2) is 9.84 Å². The average molecular weight is 442 g/mol. The van der Waals surface area contributed by atoms with Gasteiger partial charge < -0.3 is 4.74 Å². The molecule has 0 radical (unpaired) electrons. The number of hydrogen-bond acceptors (Lipinski definition) is 4. The maximum atomic E-state index is 13.1. The lowest BCUT2D eigenvalue weighted by molar-refractivity contribution is 0.222. The van der Waals surface area contributed by atoms with Gasteiger partial charge in [0.25, 0.3) is 0 Å². The molecule has 4 nitrogen and oxygen atoms in total. The van der Waals surface area contributed by atoms with Crippen molar-refractivity contribution >= 4 is 21.4 Å². The highest BCUT2D eigenvalue weighted by Gasteiger charge is 2.31. The van der Waals surface area contributed by atoms with Crippen LogP contribution in [-0.2, 0) is 16.4 Å². The minimum atomic E-state index is -3.35. The molecule has 0 saturated carbocycles. The maximum absolute atomic E-state index is 13.1. The van der Waals surface area contributed by atoms with E-state index in [0.29, 0.717) is 34.3 Å². The van der Waals surface area contributed by atoms with Crippen LogP contribution in [0.4, 0.5) is 0 Å². The predicted octanol–water partition coefficient (Wildman–Crippen LogP) is 5.57. The van der Waals surface area contributed by atoms with Gasteiger partial charge in [0.05, 0.1) is 10.1 Å². The molecular weight excluding hydrogens is 418 g/mol. The summed E-state index contributed by atoms with van der Waals surface area (Å²) in [5, 5.41) is 0.297. The van der Waals surface area contributed by atoms with Gasteiger partial charge >= 0.3 is 0 Å². The van der Waals surface area contributed by atoms with Gasteiger partial charge in [0, 0.05) is 11.6 Å². The van der Waals surface area contributed by atoms with E-state index in [4.69, 9.17) is 16.3 Å². The summed E-state index contributed by atoms with van der Waals surface area (Å²) in [6.07, 6.45) is 1.30. The van der Waals surface area contributed by atoms with Crippen molar-refractivity contribution in [1.82, 2.24) is 4.90 Å². The second-order valence-corrected chi connectivity index (χ2v) is 10.2. The zero-order chi connectivity index (χ0) is 21.0. The van der Waals surface area contributed by atoms with Crippen LogP contribution in [0.1, 0.15) is 18.4 Å². The molecule has 1 aliphatic heterocycles. The second-order valence-electron chi connectivity index (χ2n) is 7.53. The molecule has 30 heavy (non-hydrogen) atoms. The zero-order valence-electron chi connectivity index (χ0n) is 16.6. The van der Waals surface area contributed by atoms with E-state index in [1.165, 1.54) is 5.56 Å². The molecule has 0 amide bonds. The molecule has 0 unspecified atom stereocenters. The van der Waals surface area contributed by atoms with E-state index in [1.54, 1.807) is 48.5 Å².